The largest absolute Gasteiger partial charge is 0.744 e. The van der Waals surface area contributed by atoms with Crippen molar-refractivity contribution in [1.82, 2.24) is 0 Å². The van der Waals surface area contributed by atoms with E-state index in [2.05, 4.69) is 0 Å². The van der Waals surface area contributed by atoms with Crippen LogP contribution >= 0.6 is 0 Å². The monoisotopic (exact) mass is 309 g/mol. The van der Waals surface area contributed by atoms with Crippen LogP contribution in [0.25, 0.3) is 0 Å². The first kappa shape index (κ1) is 15.4. The molecule has 0 saturated heterocycles. The van der Waals surface area contributed by atoms with Crippen LogP contribution in [-0.4, -0.2) is 36.6 Å². The molecule has 1 N–H and O–H groups in total. The lowest BCUT2D eigenvalue weighted by atomic mass is 9.86. The number of carbonyl (C=O) groups is 1. The molecule has 0 heterocycles. The molecule has 6 nitrogen and oxygen atoms in total. The Labute approximate surface area is 122 Å². The molecule has 1 aromatic carbocycles. The van der Waals surface area contributed by atoms with Crippen molar-refractivity contribution < 1.29 is 27.6 Å². The number of hydrogen-bond acceptors (Lipinski definition) is 6. The Morgan fingerprint density at radius 1 is 1.33 bits per heavy atom. The number of carbonyl (C=O) groups excluding carboxylic acids is 1. The van der Waals surface area contributed by atoms with Gasteiger partial charge in [-0.3, -0.25) is 4.79 Å². The van der Waals surface area contributed by atoms with Gasteiger partial charge < -0.3 is 14.4 Å². The molecule has 0 saturated carbocycles. The summed E-state index contributed by atoms with van der Waals surface area (Å²) in [4.78, 5) is 11.8. The van der Waals surface area contributed by atoms with Gasteiger partial charge in [-0.05, 0) is 12.2 Å². The Bertz CT molecular complexity index is 717. The van der Waals surface area contributed by atoms with E-state index in [0.717, 1.165) is 12.2 Å². The molecule has 2 rings (SSSR count). The fourth-order valence-electron chi connectivity index (χ4n) is 2.09. The van der Waals surface area contributed by atoms with Gasteiger partial charge in [-0.1, -0.05) is 30.3 Å². The van der Waals surface area contributed by atoms with Gasteiger partial charge in [-0.25, -0.2) is 8.42 Å². The zero-order valence-electron chi connectivity index (χ0n) is 11.1. The SMILES string of the molecule is COC1=C(S(=O)(=O)[O-])C=CC(O)(C(=O)c2ccccc2)C1. The minimum atomic E-state index is -4.73. The van der Waals surface area contributed by atoms with Gasteiger partial charge >= 0.3 is 0 Å². The van der Waals surface area contributed by atoms with E-state index in [4.69, 9.17) is 4.74 Å². The summed E-state index contributed by atoms with van der Waals surface area (Å²) in [7, 11) is -3.56. The van der Waals surface area contributed by atoms with Crippen LogP contribution in [0.5, 0.6) is 0 Å². The summed E-state index contributed by atoms with van der Waals surface area (Å²) in [6.45, 7) is 0. The highest BCUT2D eigenvalue weighted by atomic mass is 32.2. The van der Waals surface area contributed by atoms with Crippen LogP contribution in [0, 0.1) is 0 Å². The van der Waals surface area contributed by atoms with Gasteiger partial charge in [-0.2, -0.15) is 0 Å². The fourth-order valence-corrected chi connectivity index (χ4v) is 2.76. The zero-order chi connectivity index (χ0) is 15.7. The van der Waals surface area contributed by atoms with Crippen LogP contribution < -0.4 is 0 Å². The number of Topliss-reactive ketones (excluding diaryl/α,β-unsaturated/α-hetero) is 1. The van der Waals surface area contributed by atoms with Crippen LogP contribution in [0.15, 0.2) is 53.1 Å². The predicted octanol–water partition coefficient (Wildman–Crippen LogP) is 0.964. The number of benzene rings is 1. The van der Waals surface area contributed by atoms with Crippen LogP contribution in [0.1, 0.15) is 16.8 Å². The van der Waals surface area contributed by atoms with Gasteiger partial charge in [0.2, 0.25) is 0 Å². The number of ketones is 1. The predicted molar refractivity (Wildman–Crippen MR) is 73.2 cm³/mol. The minimum Gasteiger partial charge on any atom is -0.744 e. The molecule has 112 valence electrons. The Balaban J connectivity index is 2.40. The van der Waals surface area contributed by atoms with Gasteiger partial charge in [0.1, 0.15) is 15.9 Å². The molecule has 1 atom stereocenters. The lowest BCUT2D eigenvalue weighted by Crippen LogP contribution is -2.39. The Kier molecular flexibility index (Phi) is 3.99. The third-order valence-electron chi connectivity index (χ3n) is 3.16. The number of ether oxygens (including phenoxy) is 1. The van der Waals surface area contributed by atoms with E-state index in [0.29, 0.717) is 0 Å². The lowest BCUT2D eigenvalue weighted by Gasteiger charge is -2.29. The van der Waals surface area contributed by atoms with Gasteiger partial charge in [-0.15, -0.1) is 0 Å². The summed E-state index contributed by atoms with van der Waals surface area (Å²) in [6.07, 6.45) is 1.51. The highest BCUT2D eigenvalue weighted by Gasteiger charge is 2.39. The molecule has 0 aromatic heterocycles. The average molecular weight is 309 g/mol. The number of hydrogen-bond donors (Lipinski definition) is 1. The molecule has 0 radical (unpaired) electrons. The summed E-state index contributed by atoms with van der Waals surface area (Å²) >= 11 is 0. The first-order valence-corrected chi connectivity index (χ1v) is 7.43. The topological polar surface area (TPSA) is 104 Å². The number of allylic oxidation sites excluding steroid dienone is 1. The second kappa shape index (κ2) is 5.44. The maximum absolute atomic E-state index is 12.3. The van der Waals surface area contributed by atoms with E-state index < -0.39 is 32.8 Å². The molecule has 1 aromatic rings. The summed E-state index contributed by atoms with van der Waals surface area (Å²) in [5.41, 5.74) is -1.67. The van der Waals surface area contributed by atoms with E-state index in [1.807, 2.05) is 0 Å². The Morgan fingerprint density at radius 3 is 2.48 bits per heavy atom. The molecule has 0 bridgehead atoms. The van der Waals surface area contributed by atoms with Crippen molar-refractivity contribution in [2.24, 2.45) is 0 Å². The Morgan fingerprint density at radius 2 is 1.95 bits per heavy atom. The van der Waals surface area contributed by atoms with Crippen molar-refractivity contribution in [3.63, 3.8) is 0 Å². The molecule has 7 heteroatoms. The Hall–Kier alpha value is -1.96. The molecule has 1 aliphatic carbocycles. The second-order valence-corrected chi connectivity index (χ2v) is 5.92. The first-order valence-electron chi connectivity index (χ1n) is 6.02. The highest BCUT2D eigenvalue weighted by molar-refractivity contribution is 7.90. The summed E-state index contributed by atoms with van der Waals surface area (Å²) in [5, 5.41) is 10.4. The van der Waals surface area contributed by atoms with Crippen molar-refractivity contribution in [3.8, 4) is 0 Å². The maximum Gasteiger partial charge on any atom is 0.198 e. The summed E-state index contributed by atoms with van der Waals surface area (Å²) in [5.74, 6) is -0.837. The van der Waals surface area contributed by atoms with Crippen LogP contribution in [0.2, 0.25) is 0 Å². The van der Waals surface area contributed by atoms with Gasteiger partial charge in [0.15, 0.2) is 11.4 Å². The second-order valence-electron chi connectivity index (χ2n) is 4.58. The van der Waals surface area contributed by atoms with E-state index in [9.17, 15) is 22.9 Å². The van der Waals surface area contributed by atoms with E-state index in [-0.39, 0.29) is 11.3 Å². The van der Waals surface area contributed by atoms with Crippen LogP contribution in [0.3, 0.4) is 0 Å². The van der Waals surface area contributed by atoms with Crippen molar-refractivity contribution >= 4 is 15.9 Å². The third-order valence-corrected chi connectivity index (χ3v) is 4.06. The molecule has 0 fully saturated rings. The van der Waals surface area contributed by atoms with Crippen molar-refractivity contribution in [2.75, 3.05) is 7.11 Å². The standard InChI is InChI=1S/C14H14O6S/c1-20-11-9-14(16,8-7-12(11)21(17,18)19)13(15)10-5-3-2-4-6-10/h2-8,16H,9H2,1H3,(H,17,18,19)/p-1. The molecule has 0 spiro atoms. The van der Waals surface area contributed by atoms with Gasteiger partial charge in [0.25, 0.3) is 0 Å². The minimum absolute atomic E-state index is 0.237. The molecule has 21 heavy (non-hydrogen) atoms. The number of aliphatic hydroxyl groups is 1. The zero-order valence-corrected chi connectivity index (χ0v) is 12.0. The normalized spacial score (nSPS) is 22.2. The van der Waals surface area contributed by atoms with Crippen LogP contribution in [0.4, 0.5) is 0 Å². The van der Waals surface area contributed by atoms with Gasteiger partial charge in [0, 0.05) is 12.0 Å². The van der Waals surface area contributed by atoms with Crippen molar-refractivity contribution in [2.45, 2.75) is 12.0 Å². The number of methoxy groups -OCH3 is 1. The van der Waals surface area contributed by atoms with Crippen molar-refractivity contribution in [3.05, 3.63) is 58.7 Å². The molecule has 0 amide bonds. The summed E-state index contributed by atoms with van der Waals surface area (Å²) < 4.78 is 38.1. The van der Waals surface area contributed by atoms with Crippen molar-refractivity contribution in [1.29, 1.82) is 0 Å². The molecule has 0 aliphatic heterocycles. The molecule has 1 unspecified atom stereocenters. The lowest BCUT2D eigenvalue weighted by molar-refractivity contribution is 0.0462. The first-order chi connectivity index (χ1) is 9.78. The quantitative estimate of drug-likeness (QED) is 0.656. The molecule has 1 aliphatic rings. The van der Waals surface area contributed by atoms with Gasteiger partial charge in [0.05, 0.1) is 12.0 Å². The number of rotatable bonds is 4. The maximum atomic E-state index is 12.3. The van der Waals surface area contributed by atoms with E-state index in [1.54, 1.807) is 18.2 Å². The third kappa shape index (κ3) is 3.05. The van der Waals surface area contributed by atoms with E-state index >= 15 is 0 Å². The molecular weight excluding hydrogens is 296 g/mol. The molecular formula is C14H13O6S-. The fraction of sp³-hybridized carbons (Fsp3) is 0.214. The van der Waals surface area contributed by atoms with Crippen LogP contribution in [-0.2, 0) is 14.9 Å². The average Bonchev–Trinajstić information content (AvgIpc) is 2.46. The van der Waals surface area contributed by atoms with E-state index in [1.165, 1.54) is 19.2 Å². The highest BCUT2D eigenvalue weighted by Crippen LogP contribution is 2.32. The summed E-state index contributed by atoms with van der Waals surface area (Å²) in [6, 6.07) is 8.07. The smallest absolute Gasteiger partial charge is 0.198 e.